The van der Waals surface area contributed by atoms with E-state index in [1.165, 1.54) is 12.1 Å². The molecule has 0 bridgehead atoms. The molecule has 9 heteroatoms. The summed E-state index contributed by atoms with van der Waals surface area (Å²) in [5.41, 5.74) is 2.46. The normalized spacial score (nSPS) is 13.7. The van der Waals surface area contributed by atoms with Gasteiger partial charge in [-0.25, -0.2) is 9.18 Å². The maximum atomic E-state index is 13.2. The van der Waals surface area contributed by atoms with Gasteiger partial charge in [0.1, 0.15) is 5.82 Å². The highest BCUT2D eigenvalue weighted by Gasteiger charge is 2.25. The van der Waals surface area contributed by atoms with Gasteiger partial charge in [-0.3, -0.25) is 9.59 Å². The van der Waals surface area contributed by atoms with Crippen LogP contribution in [0.5, 0.6) is 0 Å². The molecule has 35 heavy (non-hydrogen) atoms. The number of anilines is 2. The van der Waals surface area contributed by atoms with Crippen LogP contribution in [0.2, 0.25) is 0 Å². The first-order valence-electron chi connectivity index (χ1n) is 11.9. The first kappa shape index (κ1) is 26.0. The number of piperazine rings is 1. The van der Waals surface area contributed by atoms with E-state index in [4.69, 9.17) is 0 Å². The van der Waals surface area contributed by atoms with Gasteiger partial charge in [-0.15, -0.1) is 0 Å². The second-order valence-electron chi connectivity index (χ2n) is 9.26. The largest absolute Gasteiger partial charge is 0.367 e. The molecule has 0 radical (unpaired) electrons. The first-order chi connectivity index (χ1) is 16.6. The summed E-state index contributed by atoms with van der Waals surface area (Å²) >= 11 is 0. The Morgan fingerprint density at radius 1 is 0.943 bits per heavy atom. The Hall–Kier alpha value is -3.62. The third kappa shape index (κ3) is 7.18. The molecule has 0 spiro atoms. The van der Waals surface area contributed by atoms with Crippen LogP contribution in [0.25, 0.3) is 0 Å². The zero-order valence-corrected chi connectivity index (χ0v) is 20.7. The quantitative estimate of drug-likeness (QED) is 0.561. The number of nitrogens with zero attached hydrogens (tertiary/aromatic N) is 2. The summed E-state index contributed by atoms with van der Waals surface area (Å²) in [6.45, 7) is 9.88. The number of halogens is 1. The van der Waals surface area contributed by atoms with E-state index in [1.807, 2.05) is 19.9 Å². The number of rotatable bonds is 7. The van der Waals surface area contributed by atoms with Gasteiger partial charge >= 0.3 is 6.03 Å². The van der Waals surface area contributed by atoms with E-state index < -0.39 is 0 Å². The minimum atomic E-state index is -0.336. The highest BCUT2D eigenvalue weighted by Crippen LogP contribution is 2.26. The Bertz CT molecular complexity index is 1050. The fourth-order valence-corrected chi connectivity index (χ4v) is 3.73. The molecule has 0 unspecified atom stereocenters. The molecule has 188 valence electrons. The molecule has 3 rings (SSSR count). The Morgan fingerprint density at radius 3 is 2.20 bits per heavy atom. The highest BCUT2D eigenvalue weighted by molar-refractivity contribution is 6.02. The zero-order valence-electron chi connectivity index (χ0n) is 20.7. The Balaban J connectivity index is 1.78. The van der Waals surface area contributed by atoms with Gasteiger partial charge in [0, 0.05) is 56.1 Å². The number of hydrogen-bond donors (Lipinski definition) is 3. The van der Waals surface area contributed by atoms with Crippen molar-refractivity contribution in [1.29, 1.82) is 0 Å². The van der Waals surface area contributed by atoms with Crippen LogP contribution in [-0.2, 0) is 11.3 Å². The van der Waals surface area contributed by atoms with Crippen LogP contribution >= 0.6 is 0 Å². The molecule has 1 heterocycles. The fraction of sp³-hybridized carbons (Fsp3) is 0.423. The minimum Gasteiger partial charge on any atom is -0.367 e. The zero-order chi connectivity index (χ0) is 25.5. The number of benzene rings is 2. The van der Waals surface area contributed by atoms with E-state index in [1.54, 1.807) is 43.0 Å². The van der Waals surface area contributed by atoms with E-state index in [9.17, 15) is 18.8 Å². The van der Waals surface area contributed by atoms with Crippen LogP contribution in [-0.4, -0.2) is 55.0 Å². The first-order valence-corrected chi connectivity index (χ1v) is 11.9. The SMILES string of the molecule is CC(C)NC(=O)N1CCN(c2ccc(NC(=O)C(C)C)cc2C(=O)NCc2ccc(F)cc2)CC1. The van der Waals surface area contributed by atoms with Gasteiger partial charge in [0.05, 0.1) is 5.56 Å². The van der Waals surface area contributed by atoms with Crippen LogP contribution in [0.15, 0.2) is 42.5 Å². The lowest BCUT2D eigenvalue weighted by Gasteiger charge is -2.37. The average Bonchev–Trinajstić information content (AvgIpc) is 2.83. The van der Waals surface area contributed by atoms with E-state index in [2.05, 4.69) is 20.9 Å². The monoisotopic (exact) mass is 483 g/mol. The second kappa shape index (κ2) is 11.7. The lowest BCUT2D eigenvalue weighted by Crippen LogP contribution is -2.53. The van der Waals surface area contributed by atoms with Crippen molar-refractivity contribution in [3.8, 4) is 0 Å². The van der Waals surface area contributed by atoms with Gasteiger partial charge < -0.3 is 25.8 Å². The number of carbonyl (C=O) groups is 3. The van der Waals surface area contributed by atoms with Crippen LogP contribution in [0.4, 0.5) is 20.6 Å². The summed E-state index contributed by atoms with van der Waals surface area (Å²) in [5, 5.41) is 8.65. The van der Waals surface area contributed by atoms with Crippen molar-refractivity contribution in [2.75, 3.05) is 36.4 Å². The molecule has 3 N–H and O–H groups in total. The summed E-state index contributed by atoms with van der Waals surface area (Å²) in [6.07, 6.45) is 0. The molecule has 8 nitrogen and oxygen atoms in total. The van der Waals surface area contributed by atoms with Crippen LogP contribution in [0, 0.1) is 11.7 Å². The van der Waals surface area contributed by atoms with Crippen molar-refractivity contribution >= 4 is 29.2 Å². The number of hydrogen-bond acceptors (Lipinski definition) is 4. The molecule has 0 aliphatic carbocycles. The Kier molecular flexibility index (Phi) is 8.68. The number of amides is 4. The van der Waals surface area contributed by atoms with E-state index in [0.29, 0.717) is 37.4 Å². The van der Waals surface area contributed by atoms with Crippen LogP contribution in [0.3, 0.4) is 0 Å². The lowest BCUT2D eigenvalue weighted by atomic mass is 10.1. The van der Waals surface area contributed by atoms with Crippen molar-refractivity contribution in [3.63, 3.8) is 0 Å². The lowest BCUT2D eigenvalue weighted by molar-refractivity contribution is -0.118. The van der Waals surface area contributed by atoms with Crippen molar-refractivity contribution in [1.82, 2.24) is 15.5 Å². The van der Waals surface area contributed by atoms with Gasteiger partial charge in [-0.05, 0) is 49.7 Å². The molecule has 2 aromatic carbocycles. The van der Waals surface area contributed by atoms with E-state index in [0.717, 1.165) is 11.3 Å². The van der Waals surface area contributed by atoms with Gasteiger partial charge in [0.25, 0.3) is 5.91 Å². The summed E-state index contributed by atoms with van der Waals surface area (Å²) in [4.78, 5) is 41.6. The molecule has 0 atom stereocenters. The average molecular weight is 484 g/mol. The van der Waals surface area contributed by atoms with Crippen molar-refractivity contribution in [2.45, 2.75) is 40.3 Å². The standard InChI is InChI=1S/C26H34FN5O3/c1-17(2)24(33)30-21-9-10-23(31-11-13-32(14-12-31)26(35)29-18(3)4)22(15-21)25(34)28-16-19-5-7-20(27)8-6-19/h5-10,15,17-18H,11-14,16H2,1-4H3,(H,28,34)(H,29,35)(H,30,33). The fourth-order valence-electron chi connectivity index (χ4n) is 3.73. The highest BCUT2D eigenvalue weighted by atomic mass is 19.1. The predicted molar refractivity (Wildman–Crippen MR) is 135 cm³/mol. The summed E-state index contributed by atoms with van der Waals surface area (Å²) in [7, 11) is 0. The number of carbonyl (C=O) groups excluding carboxylic acids is 3. The van der Waals surface area contributed by atoms with Crippen molar-refractivity contribution < 1.29 is 18.8 Å². The van der Waals surface area contributed by atoms with Crippen LogP contribution < -0.4 is 20.9 Å². The Labute approximate surface area is 205 Å². The maximum absolute atomic E-state index is 13.2. The van der Waals surface area contributed by atoms with Gasteiger partial charge in [0.2, 0.25) is 5.91 Å². The minimum absolute atomic E-state index is 0.0607. The van der Waals surface area contributed by atoms with E-state index >= 15 is 0 Å². The topological polar surface area (TPSA) is 93.8 Å². The summed E-state index contributed by atoms with van der Waals surface area (Å²) in [5.74, 6) is -0.974. The molecule has 4 amide bonds. The third-order valence-electron chi connectivity index (χ3n) is 5.72. The molecule has 1 aliphatic heterocycles. The van der Waals surface area contributed by atoms with Crippen molar-refractivity contribution in [2.24, 2.45) is 5.92 Å². The van der Waals surface area contributed by atoms with Gasteiger partial charge in [0.15, 0.2) is 0 Å². The molecular formula is C26H34FN5O3. The number of nitrogens with one attached hydrogen (secondary N) is 3. The number of urea groups is 1. The van der Waals surface area contributed by atoms with E-state index in [-0.39, 0.29) is 42.2 Å². The van der Waals surface area contributed by atoms with Crippen LogP contribution in [0.1, 0.15) is 43.6 Å². The molecular weight excluding hydrogens is 449 g/mol. The predicted octanol–water partition coefficient (Wildman–Crippen LogP) is 3.59. The molecule has 1 saturated heterocycles. The smallest absolute Gasteiger partial charge is 0.317 e. The van der Waals surface area contributed by atoms with Gasteiger partial charge in [-0.1, -0.05) is 26.0 Å². The molecule has 0 saturated carbocycles. The Morgan fingerprint density at radius 2 is 1.60 bits per heavy atom. The van der Waals surface area contributed by atoms with Gasteiger partial charge in [-0.2, -0.15) is 0 Å². The summed E-state index contributed by atoms with van der Waals surface area (Å²) < 4.78 is 13.2. The molecule has 0 aromatic heterocycles. The molecule has 2 aromatic rings. The molecule has 1 aliphatic rings. The molecule has 1 fully saturated rings. The maximum Gasteiger partial charge on any atom is 0.317 e. The third-order valence-corrected chi connectivity index (χ3v) is 5.72. The second-order valence-corrected chi connectivity index (χ2v) is 9.26. The van der Waals surface area contributed by atoms with Crippen molar-refractivity contribution in [3.05, 3.63) is 59.4 Å². The summed E-state index contributed by atoms with van der Waals surface area (Å²) in [6, 6.07) is 11.2.